The van der Waals surface area contributed by atoms with Crippen LogP contribution in [0.1, 0.15) is 35.9 Å². The maximum Gasteiger partial charge on any atom is 0.289 e. The van der Waals surface area contributed by atoms with E-state index in [4.69, 9.17) is 10.2 Å². The molecule has 3 rings (SSSR count). The molecule has 1 aromatic carbocycles. The predicted molar refractivity (Wildman–Crippen MR) is 90.9 cm³/mol. The van der Waals surface area contributed by atoms with Gasteiger partial charge in [-0.05, 0) is 50.8 Å². The standard InChI is InChI=1S/C17H21BrN2O2/c1-10-14-8-13(18)5-6-15(14)22-16(10)17(21)20-7-3-4-12(9-20)11(2)19/h5-6,8,11-12H,3-4,7,9,19H2,1-2H3. The maximum atomic E-state index is 12.8. The lowest BCUT2D eigenvalue weighted by molar-refractivity contribution is 0.0630. The number of rotatable bonds is 2. The number of furan rings is 1. The summed E-state index contributed by atoms with van der Waals surface area (Å²) in [7, 11) is 0. The highest BCUT2D eigenvalue weighted by Crippen LogP contribution is 2.30. The average Bonchev–Trinajstić information content (AvgIpc) is 2.83. The van der Waals surface area contributed by atoms with Gasteiger partial charge in [-0.15, -0.1) is 0 Å². The van der Waals surface area contributed by atoms with Crippen molar-refractivity contribution in [1.29, 1.82) is 0 Å². The van der Waals surface area contributed by atoms with Gasteiger partial charge in [-0.3, -0.25) is 4.79 Å². The van der Waals surface area contributed by atoms with Gasteiger partial charge >= 0.3 is 0 Å². The molecule has 1 saturated heterocycles. The zero-order valence-corrected chi connectivity index (χ0v) is 14.5. The van der Waals surface area contributed by atoms with E-state index in [0.29, 0.717) is 11.7 Å². The lowest BCUT2D eigenvalue weighted by Crippen LogP contribution is -2.45. The summed E-state index contributed by atoms with van der Waals surface area (Å²) in [5.41, 5.74) is 7.67. The van der Waals surface area contributed by atoms with Crippen LogP contribution in [0.15, 0.2) is 27.1 Å². The lowest BCUT2D eigenvalue weighted by Gasteiger charge is -2.34. The Morgan fingerprint density at radius 1 is 1.50 bits per heavy atom. The first-order valence-electron chi connectivity index (χ1n) is 7.71. The Kier molecular flexibility index (Phi) is 4.28. The van der Waals surface area contributed by atoms with E-state index in [1.807, 2.05) is 36.9 Å². The zero-order valence-electron chi connectivity index (χ0n) is 12.9. The first-order chi connectivity index (χ1) is 10.5. The first kappa shape index (κ1) is 15.6. The van der Waals surface area contributed by atoms with Crippen LogP contribution >= 0.6 is 15.9 Å². The number of likely N-dealkylation sites (tertiary alicyclic amines) is 1. The molecule has 2 aromatic rings. The van der Waals surface area contributed by atoms with Gasteiger partial charge in [0.15, 0.2) is 5.76 Å². The predicted octanol–water partition coefficient (Wildman–Crippen LogP) is 3.70. The Labute approximate surface area is 138 Å². The first-order valence-corrected chi connectivity index (χ1v) is 8.50. The summed E-state index contributed by atoms with van der Waals surface area (Å²) in [6.07, 6.45) is 2.09. The SMILES string of the molecule is Cc1c(C(=O)N2CCCC(C(C)N)C2)oc2ccc(Br)cc12. The number of fused-ring (bicyclic) bond motifs is 1. The molecule has 1 aliphatic rings. The molecule has 1 fully saturated rings. The summed E-state index contributed by atoms with van der Waals surface area (Å²) in [4.78, 5) is 14.7. The number of carbonyl (C=O) groups excluding carboxylic acids is 1. The molecule has 0 radical (unpaired) electrons. The molecule has 118 valence electrons. The molecule has 2 heterocycles. The molecule has 0 saturated carbocycles. The summed E-state index contributed by atoms with van der Waals surface area (Å²) >= 11 is 3.46. The molecule has 2 N–H and O–H groups in total. The highest BCUT2D eigenvalue weighted by molar-refractivity contribution is 9.10. The number of halogens is 1. The van der Waals surface area contributed by atoms with Crippen molar-refractivity contribution in [3.05, 3.63) is 34.0 Å². The van der Waals surface area contributed by atoms with E-state index in [9.17, 15) is 4.79 Å². The fourth-order valence-electron chi connectivity index (χ4n) is 3.16. The largest absolute Gasteiger partial charge is 0.451 e. The number of hydrogen-bond acceptors (Lipinski definition) is 3. The molecule has 1 aliphatic heterocycles. The number of nitrogens with zero attached hydrogens (tertiary/aromatic N) is 1. The number of carbonyl (C=O) groups is 1. The van der Waals surface area contributed by atoms with Crippen molar-refractivity contribution in [2.75, 3.05) is 13.1 Å². The fourth-order valence-corrected chi connectivity index (χ4v) is 3.53. The molecule has 0 aliphatic carbocycles. The van der Waals surface area contributed by atoms with E-state index in [2.05, 4.69) is 15.9 Å². The molecule has 22 heavy (non-hydrogen) atoms. The van der Waals surface area contributed by atoms with Crippen LogP contribution in [-0.4, -0.2) is 29.9 Å². The van der Waals surface area contributed by atoms with Crippen LogP contribution in [-0.2, 0) is 0 Å². The van der Waals surface area contributed by atoms with E-state index in [1.54, 1.807) is 0 Å². The normalized spacial score (nSPS) is 20.4. The summed E-state index contributed by atoms with van der Waals surface area (Å²) < 4.78 is 6.81. The Morgan fingerprint density at radius 2 is 2.27 bits per heavy atom. The van der Waals surface area contributed by atoms with Gasteiger partial charge in [0.1, 0.15) is 5.58 Å². The summed E-state index contributed by atoms with van der Waals surface area (Å²) in [6, 6.07) is 5.92. The molecule has 5 heteroatoms. The fraction of sp³-hybridized carbons (Fsp3) is 0.471. The maximum absolute atomic E-state index is 12.8. The zero-order chi connectivity index (χ0) is 15.9. The molecule has 0 spiro atoms. The second-order valence-corrected chi connectivity index (χ2v) is 7.12. The highest BCUT2D eigenvalue weighted by atomic mass is 79.9. The Balaban J connectivity index is 1.90. The van der Waals surface area contributed by atoms with Crippen LogP contribution < -0.4 is 5.73 Å². The van der Waals surface area contributed by atoms with Crippen LogP contribution in [0, 0.1) is 12.8 Å². The minimum absolute atomic E-state index is 0.0184. The van der Waals surface area contributed by atoms with Crippen molar-refractivity contribution >= 4 is 32.8 Å². The van der Waals surface area contributed by atoms with E-state index in [1.165, 1.54) is 0 Å². The third kappa shape index (κ3) is 2.79. The van der Waals surface area contributed by atoms with Gasteiger partial charge in [-0.25, -0.2) is 0 Å². The van der Waals surface area contributed by atoms with Crippen LogP contribution in [0.5, 0.6) is 0 Å². The van der Waals surface area contributed by atoms with Crippen molar-refractivity contribution in [3.8, 4) is 0 Å². The van der Waals surface area contributed by atoms with Crippen molar-refractivity contribution in [3.63, 3.8) is 0 Å². The minimum Gasteiger partial charge on any atom is -0.451 e. The summed E-state index contributed by atoms with van der Waals surface area (Å²) in [6.45, 7) is 5.46. The van der Waals surface area contributed by atoms with E-state index in [0.717, 1.165) is 46.9 Å². The number of benzene rings is 1. The second-order valence-electron chi connectivity index (χ2n) is 6.21. The Bertz CT molecular complexity index is 708. The molecule has 1 amide bonds. The highest BCUT2D eigenvalue weighted by Gasteiger charge is 2.29. The Hall–Kier alpha value is -1.33. The number of aryl methyl sites for hydroxylation is 1. The monoisotopic (exact) mass is 364 g/mol. The quantitative estimate of drug-likeness (QED) is 0.883. The number of hydrogen-bond donors (Lipinski definition) is 1. The third-order valence-electron chi connectivity index (χ3n) is 4.58. The van der Waals surface area contributed by atoms with Gasteiger partial charge in [0.2, 0.25) is 0 Å². The van der Waals surface area contributed by atoms with Gasteiger partial charge < -0.3 is 15.1 Å². The molecule has 2 unspecified atom stereocenters. The number of piperidine rings is 1. The van der Waals surface area contributed by atoms with Gasteiger partial charge in [-0.1, -0.05) is 15.9 Å². The van der Waals surface area contributed by atoms with Crippen molar-refractivity contribution in [2.24, 2.45) is 11.7 Å². The van der Waals surface area contributed by atoms with Crippen molar-refractivity contribution in [1.82, 2.24) is 4.90 Å². The smallest absolute Gasteiger partial charge is 0.289 e. The van der Waals surface area contributed by atoms with Gasteiger partial charge in [-0.2, -0.15) is 0 Å². The molecular weight excluding hydrogens is 344 g/mol. The minimum atomic E-state index is -0.0184. The van der Waals surface area contributed by atoms with E-state index < -0.39 is 0 Å². The molecular formula is C17H21BrN2O2. The van der Waals surface area contributed by atoms with Gasteiger partial charge in [0.25, 0.3) is 5.91 Å². The third-order valence-corrected chi connectivity index (χ3v) is 5.07. The number of nitrogens with two attached hydrogens (primary N) is 1. The van der Waals surface area contributed by atoms with Crippen LogP contribution in [0.25, 0.3) is 11.0 Å². The van der Waals surface area contributed by atoms with Crippen LogP contribution in [0.2, 0.25) is 0 Å². The van der Waals surface area contributed by atoms with E-state index in [-0.39, 0.29) is 11.9 Å². The molecule has 2 atom stereocenters. The van der Waals surface area contributed by atoms with Crippen molar-refractivity contribution < 1.29 is 9.21 Å². The van der Waals surface area contributed by atoms with Crippen molar-refractivity contribution in [2.45, 2.75) is 32.7 Å². The van der Waals surface area contributed by atoms with Gasteiger partial charge in [0, 0.05) is 34.6 Å². The lowest BCUT2D eigenvalue weighted by atomic mass is 9.92. The second kappa shape index (κ2) is 6.05. The average molecular weight is 365 g/mol. The van der Waals surface area contributed by atoms with Gasteiger partial charge in [0.05, 0.1) is 0 Å². The number of amides is 1. The summed E-state index contributed by atoms with van der Waals surface area (Å²) in [5, 5.41) is 0.985. The summed E-state index contributed by atoms with van der Waals surface area (Å²) in [5.74, 6) is 0.810. The van der Waals surface area contributed by atoms with Crippen LogP contribution in [0.4, 0.5) is 0 Å². The Morgan fingerprint density at radius 3 is 3.00 bits per heavy atom. The molecule has 4 nitrogen and oxygen atoms in total. The van der Waals surface area contributed by atoms with Crippen LogP contribution in [0.3, 0.4) is 0 Å². The van der Waals surface area contributed by atoms with E-state index >= 15 is 0 Å². The molecule has 1 aromatic heterocycles. The molecule has 0 bridgehead atoms. The topological polar surface area (TPSA) is 59.5 Å².